The summed E-state index contributed by atoms with van der Waals surface area (Å²) in [7, 11) is 0. The van der Waals surface area contributed by atoms with Crippen molar-refractivity contribution in [3.05, 3.63) is 0 Å². The van der Waals surface area contributed by atoms with Crippen LogP contribution in [-0.2, 0) is 4.79 Å². The fourth-order valence-corrected chi connectivity index (χ4v) is 4.13. The minimum Gasteiger partial charge on any atom is -0.323 e. The van der Waals surface area contributed by atoms with Crippen molar-refractivity contribution < 1.29 is 4.79 Å². The molecule has 0 aromatic carbocycles. The zero-order valence-electron chi connectivity index (χ0n) is 14.5. The van der Waals surface area contributed by atoms with Crippen LogP contribution >= 0.6 is 0 Å². The molecular formula is C18H34N2O. The molecule has 0 radical (unpaired) electrons. The van der Waals surface area contributed by atoms with Gasteiger partial charge in [-0.15, -0.1) is 0 Å². The van der Waals surface area contributed by atoms with Crippen LogP contribution in [0.3, 0.4) is 0 Å². The summed E-state index contributed by atoms with van der Waals surface area (Å²) < 4.78 is 0. The van der Waals surface area contributed by atoms with Crippen molar-refractivity contribution in [1.29, 1.82) is 0 Å². The van der Waals surface area contributed by atoms with Gasteiger partial charge in [-0.3, -0.25) is 10.1 Å². The Kier molecular flexibility index (Phi) is 5.70. The average molecular weight is 294 g/mol. The predicted octanol–water partition coefficient (Wildman–Crippen LogP) is 4.07. The molecule has 1 N–H and O–H groups in total. The molecule has 21 heavy (non-hydrogen) atoms. The van der Waals surface area contributed by atoms with E-state index in [4.69, 9.17) is 0 Å². The van der Waals surface area contributed by atoms with Gasteiger partial charge in [0.05, 0.1) is 11.7 Å². The Labute approximate surface area is 130 Å². The topological polar surface area (TPSA) is 32.3 Å². The standard InChI is InChI=1S/C18H34N2O/c1-5-9-16-19-18(12-6-7-13-18)17(21)20(16)15(4)11-8-10-14(2)3/h14-16,19H,5-13H2,1-4H3. The zero-order chi connectivity index (χ0) is 15.5. The van der Waals surface area contributed by atoms with Crippen LogP contribution in [0.5, 0.6) is 0 Å². The highest BCUT2D eigenvalue weighted by Gasteiger charge is 2.52. The summed E-state index contributed by atoms with van der Waals surface area (Å²) in [6.07, 6.45) is 10.6. The van der Waals surface area contributed by atoms with Crippen LogP contribution in [0.4, 0.5) is 0 Å². The van der Waals surface area contributed by atoms with Gasteiger partial charge in [0.25, 0.3) is 0 Å². The van der Waals surface area contributed by atoms with Crippen LogP contribution in [0.15, 0.2) is 0 Å². The molecule has 3 nitrogen and oxygen atoms in total. The summed E-state index contributed by atoms with van der Waals surface area (Å²) in [4.78, 5) is 15.2. The van der Waals surface area contributed by atoms with Gasteiger partial charge < -0.3 is 4.90 Å². The van der Waals surface area contributed by atoms with Crippen molar-refractivity contribution in [3.63, 3.8) is 0 Å². The Bertz CT molecular complexity index is 347. The highest BCUT2D eigenvalue weighted by molar-refractivity contribution is 5.89. The first-order valence-corrected chi connectivity index (χ1v) is 9.10. The molecule has 2 fully saturated rings. The third kappa shape index (κ3) is 3.61. The van der Waals surface area contributed by atoms with E-state index in [0.717, 1.165) is 38.0 Å². The maximum absolute atomic E-state index is 13.0. The second-order valence-electron chi connectivity index (χ2n) is 7.62. The molecule has 1 aliphatic carbocycles. The summed E-state index contributed by atoms with van der Waals surface area (Å²) in [6.45, 7) is 9.02. The molecule has 2 atom stereocenters. The van der Waals surface area contributed by atoms with E-state index in [1.807, 2.05) is 0 Å². The minimum atomic E-state index is -0.202. The summed E-state index contributed by atoms with van der Waals surface area (Å²) in [5, 5.41) is 3.72. The average Bonchev–Trinajstić information content (AvgIpc) is 2.97. The Morgan fingerprint density at radius 2 is 1.90 bits per heavy atom. The minimum absolute atomic E-state index is 0.202. The number of hydrogen-bond donors (Lipinski definition) is 1. The van der Waals surface area contributed by atoms with Gasteiger partial charge in [-0.05, 0) is 38.5 Å². The Hall–Kier alpha value is -0.570. The number of carbonyl (C=O) groups excluding carboxylic acids is 1. The van der Waals surface area contributed by atoms with Gasteiger partial charge in [0.1, 0.15) is 0 Å². The van der Waals surface area contributed by atoms with E-state index in [2.05, 4.69) is 37.9 Å². The van der Waals surface area contributed by atoms with E-state index in [-0.39, 0.29) is 11.7 Å². The van der Waals surface area contributed by atoms with Crippen molar-refractivity contribution in [3.8, 4) is 0 Å². The van der Waals surface area contributed by atoms with Gasteiger partial charge in [-0.25, -0.2) is 0 Å². The summed E-state index contributed by atoms with van der Waals surface area (Å²) in [6, 6.07) is 0.375. The first kappa shape index (κ1) is 16.8. The number of nitrogens with zero attached hydrogens (tertiary/aromatic N) is 1. The highest BCUT2D eigenvalue weighted by Crippen LogP contribution is 2.38. The molecule has 0 bridgehead atoms. The summed E-state index contributed by atoms with van der Waals surface area (Å²) in [5.74, 6) is 1.16. The molecule has 1 aliphatic heterocycles. The van der Waals surface area contributed by atoms with E-state index >= 15 is 0 Å². The third-order valence-corrected chi connectivity index (χ3v) is 5.32. The smallest absolute Gasteiger partial charge is 0.244 e. The molecule has 2 aliphatic rings. The first-order valence-electron chi connectivity index (χ1n) is 9.10. The van der Waals surface area contributed by atoms with E-state index in [1.54, 1.807) is 0 Å². The van der Waals surface area contributed by atoms with Crippen LogP contribution in [0, 0.1) is 5.92 Å². The zero-order valence-corrected chi connectivity index (χ0v) is 14.5. The Morgan fingerprint density at radius 1 is 1.24 bits per heavy atom. The van der Waals surface area contributed by atoms with Crippen LogP contribution in [0.2, 0.25) is 0 Å². The van der Waals surface area contributed by atoms with Gasteiger partial charge in [0, 0.05) is 6.04 Å². The Balaban J connectivity index is 2.01. The molecule has 2 unspecified atom stereocenters. The van der Waals surface area contributed by atoms with Gasteiger partial charge in [0.15, 0.2) is 0 Å². The maximum atomic E-state index is 13.0. The quantitative estimate of drug-likeness (QED) is 0.767. The molecule has 0 aromatic rings. The molecule has 1 saturated carbocycles. The van der Waals surface area contributed by atoms with Crippen LogP contribution in [0.25, 0.3) is 0 Å². The maximum Gasteiger partial charge on any atom is 0.244 e. The van der Waals surface area contributed by atoms with Crippen LogP contribution in [-0.4, -0.2) is 28.6 Å². The Morgan fingerprint density at radius 3 is 2.48 bits per heavy atom. The van der Waals surface area contributed by atoms with Gasteiger partial charge in [0.2, 0.25) is 5.91 Å². The SMILES string of the molecule is CCCC1NC2(CCCC2)C(=O)N1C(C)CCCC(C)C. The van der Waals surface area contributed by atoms with Gasteiger partial charge >= 0.3 is 0 Å². The fourth-order valence-electron chi connectivity index (χ4n) is 4.13. The van der Waals surface area contributed by atoms with Crippen molar-refractivity contribution in [1.82, 2.24) is 10.2 Å². The van der Waals surface area contributed by atoms with Crippen molar-refractivity contribution in [2.45, 2.75) is 103 Å². The molecule has 122 valence electrons. The van der Waals surface area contributed by atoms with Crippen LogP contribution in [0.1, 0.15) is 85.5 Å². The van der Waals surface area contributed by atoms with E-state index in [9.17, 15) is 4.79 Å². The van der Waals surface area contributed by atoms with Crippen molar-refractivity contribution in [2.24, 2.45) is 5.92 Å². The molecule has 1 heterocycles. The molecule has 3 heteroatoms. The number of rotatable bonds is 7. The van der Waals surface area contributed by atoms with E-state index in [1.165, 1.54) is 25.7 Å². The number of nitrogens with one attached hydrogen (secondary N) is 1. The molecular weight excluding hydrogens is 260 g/mol. The summed E-state index contributed by atoms with van der Waals surface area (Å²) in [5.41, 5.74) is -0.202. The lowest BCUT2D eigenvalue weighted by Gasteiger charge is -2.30. The fraction of sp³-hybridized carbons (Fsp3) is 0.944. The normalized spacial score (nSPS) is 26.2. The highest BCUT2D eigenvalue weighted by atomic mass is 16.2. The van der Waals surface area contributed by atoms with Crippen molar-refractivity contribution >= 4 is 5.91 Å². The van der Waals surface area contributed by atoms with E-state index < -0.39 is 0 Å². The molecule has 0 aromatic heterocycles. The second-order valence-corrected chi connectivity index (χ2v) is 7.62. The molecule has 1 saturated heterocycles. The molecule has 2 rings (SSSR count). The van der Waals surface area contributed by atoms with Crippen LogP contribution < -0.4 is 5.32 Å². The van der Waals surface area contributed by atoms with E-state index in [0.29, 0.717) is 11.9 Å². The molecule has 1 spiro atoms. The number of amides is 1. The summed E-state index contributed by atoms with van der Waals surface area (Å²) >= 11 is 0. The largest absolute Gasteiger partial charge is 0.323 e. The number of hydrogen-bond acceptors (Lipinski definition) is 2. The molecule has 1 amide bonds. The van der Waals surface area contributed by atoms with Gasteiger partial charge in [-0.1, -0.05) is 52.9 Å². The number of carbonyl (C=O) groups is 1. The second kappa shape index (κ2) is 7.13. The lowest BCUT2D eigenvalue weighted by molar-refractivity contribution is -0.135. The lowest BCUT2D eigenvalue weighted by Crippen LogP contribution is -2.45. The lowest BCUT2D eigenvalue weighted by atomic mass is 9.97. The van der Waals surface area contributed by atoms with Crippen molar-refractivity contribution in [2.75, 3.05) is 0 Å². The monoisotopic (exact) mass is 294 g/mol. The predicted molar refractivity (Wildman–Crippen MR) is 88.0 cm³/mol. The first-order chi connectivity index (χ1) is 10.00. The van der Waals surface area contributed by atoms with Gasteiger partial charge in [-0.2, -0.15) is 0 Å². The third-order valence-electron chi connectivity index (χ3n) is 5.32.